The van der Waals surface area contributed by atoms with Crippen LogP contribution in [0.5, 0.6) is 0 Å². The topological polar surface area (TPSA) is 63.4 Å². The number of rotatable bonds is 5. The van der Waals surface area contributed by atoms with E-state index in [2.05, 4.69) is 0 Å². The quantitative estimate of drug-likeness (QED) is 0.710. The Balaban J connectivity index is 1.76. The second kappa shape index (κ2) is 7.87. The molecule has 0 radical (unpaired) electrons. The number of primary amides is 1. The number of aryl methyl sites for hydroxylation is 1. The molecule has 0 spiro atoms. The van der Waals surface area contributed by atoms with Crippen LogP contribution >= 0.6 is 0 Å². The van der Waals surface area contributed by atoms with Crippen LogP contribution in [0.15, 0.2) is 72.8 Å². The van der Waals surface area contributed by atoms with E-state index in [9.17, 15) is 14.0 Å². The Morgan fingerprint density at radius 1 is 1.00 bits per heavy atom. The summed E-state index contributed by atoms with van der Waals surface area (Å²) in [5.41, 5.74) is 9.07. The molecule has 1 aliphatic carbocycles. The van der Waals surface area contributed by atoms with Crippen molar-refractivity contribution < 1.29 is 14.0 Å². The first kappa shape index (κ1) is 18.9. The molecule has 0 saturated carbocycles. The van der Waals surface area contributed by atoms with Crippen molar-refractivity contribution in [2.75, 3.05) is 0 Å². The van der Waals surface area contributed by atoms with Gasteiger partial charge in [0.2, 0.25) is 5.91 Å². The van der Waals surface area contributed by atoms with Gasteiger partial charge in [0, 0.05) is 17.7 Å². The zero-order chi connectivity index (χ0) is 20.4. The van der Waals surface area contributed by atoms with Crippen LogP contribution in [0.3, 0.4) is 0 Å². The Labute approximate surface area is 168 Å². The van der Waals surface area contributed by atoms with Gasteiger partial charge in [-0.1, -0.05) is 42.5 Å². The second-order valence-electron chi connectivity index (χ2n) is 7.22. The lowest BCUT2D eigenvalue weighted by molar-refractivity contribution is 0.0656. The van der Waals surface area contributed by atoms with Crippen molar-refractivity contribution in [3.63, 3.8) is 0 Å². The highest BCUT2D eigenvalue weighted by molar-refractivity contribution is 5.96. The SMILES string of the molecule is NC(=O)c1ccccc1CN(C(=O)c1ccccc1)[C@@H]1CCc2cc(F)ccc21. The highest BCUT2D eigenvalue weighted by Crippen LogP contribution is 2.38. The summed E-state index contributed by atoms with van der Waals surface area (Å²) in [5.74, 6) is -0.932. The lowest BCUT2D eigenvalue weighted by atomic mass is 10.0. The van der Waals surface area contributed by atoms with Gasteiger partial charge in [-0.15, -0.1) is 0 Å². The molecule has 2 N–H and O–H groups in total. The molecule has 29 heavy (non-hydrogen) atoms. The number of nitrogens with two attached hydrogens (primary N) is 1. The number of carbonyl (C=O) groups excluding carboxylic acids is 2. The standard InChI is InChI=1S/C24H21FN2O2/c25-19-11-12-20-17(14-19)10-13-22(20)27(24(29)16-6-2-1-3-7-16)15-18-8-4-5-9-21(18)23(26)28/h1-9,11-12,14,22H,10,13,15H2,(H2,26,28)/t22-/m1/s1. The molecule has 0 unspecified atom stereocenters. The summed E-state index contributed by atoms with van der Waals surface area (Å²) in [6.07, 6.45) is 1.41. The van der Waals surface area contributed by atoms with E-state index in [0.717, 1.165) is 11.1 Å². The summed E-state index contributed by atoms with van der Waals surface area (Å²) in [6, 6.07) is 20.6. The number of nitrogens with zero attached hydrogens (tertiary/aromatic N) is 1. The van der Waals surface area contributed by atoms with Crippen LogP contribution in [0.25, 0.3) is 0 Å². The zero-order valence-electron chi connectivity index (χ0n) is 15.8. The summed E-state index contributed by atoms with van der Waals surface area (Å²) in [4.78, 5) is 27.1. The minimum atomic E-state index is -0.526. The molecule has 0 aromatic heterocycles. The minimum Gasteiger partial charge on any atom is -0.366 e. The molecule has 0 saturated heterocycles. The zero-order valence-corrected chi connectivity index (χ0v) is 15.8. The van der Waals surface area contributed by atoms with Gasteiger partial charge in [-0.05, 0) is 59.9 Å². The monoisotopic (exact) mass is 388 g/mol. The first-order valence-electron chi connectivity index (χ1n) is 9.56. The molecule has 0 fully saturated rings. The summed E-state index contributed by atoms with van der Waals surface area (Å²) in [7, 11) is 0. The van der Waals surface area contributed by atoms with Crippen molar-refractivity contribution in [2.24, 2.45) is 5.73 Å². The Morgan fingerprint density at radius 3 is 2.48 bits per heavy atom. The van der Waals surface area contributed by atoms with Gasteiger partial charge in [0.15, 0.2) is 0 Å². The molecule has 1 aliphatic rings. The number of carbonyl (C=O) groups is 2. The Hall–Kier alpha value is -3.47. The van der Waals surface area contributed by atoms with Crippen molar-refractivity contribution in [3.8, 4) is 0 Å². The fourth-order valence-electron chi connectivity index (χ4n) is 4.04. The van der Waals surface area contributed by atoms with Gasteiger partial charge in [0.05, 0.1) is 6.04 Å². The Kier molecular flexibility index (Phi) is 5.12. The van der Waals surface area contributed by atoms with Gasteiger partial charge >= 0.3 is 0 Å². The average Bonchev–Trinajstić information content (AvgIpc) is 3.15. The van der Waals surface area contributed by atoms with Crippen molar-refractivity contribution in [2.45, 2.75) is 25.4 Å². The minimum absolute atomic E-state index is 0.132. The highest BCUT2D eigenvalue weighted by Gasteiger charge is 2.32. The number of benzene rings is 3. The number of fused-ring (bicyclic) bond motifs is 1. The van der Waals surface area contributed by atoms with Crippen LogP contribution in [-0.2, 0) is 13.0 Å². The molecule has 3 aromatic rings. The third-order valence-electron chi connectivity index (χ3n) is 5.43. The molecule has 4 nitrogen and oxygen atoms in total. The van der Waals surface area contributed by atoms with Crippen LogP contribution < -0.4 is 5.73 Å². The van der Waals surface area contributed by atoms with E-state index in [1.54, 1.807) is 35.2 Å². The van der Waals surface area contributed by atoms with Crippen LogP contribution in [0.2, 0.25) is 0 Å². The van der Waals surface area contributed by atoms with E-state index >= 15 is 0 Å². The van der Waals surface area contributed by atoms with Gasteiger partial charge in [-0.25, -0.2) is 4.39 Å². The molecule has 0 heterocycles. The molecule has 0 aliphatic heterocycles. The van der Waals surface area contributed by atoms with Gasteiger partial charge in [0.1, 0.15) is 5.82 Å². The predicted octanol–water partition coefficient (Wildman–Crippen LogP) is 4.25. The molecule has 4 rings (SSSR count). The van der Waals surface area contributed by atoms with Crippen molar-refractivity contribution >= 4 is 11.8 Å². The Morgan fingerprint density at radius 2 is 1.72 bits per heavy atom. The normalized spacial score (nSPS) is 15.0. The van der Waals surface area contributed by atoms with Crippen molar-refractivity contribution in [1.82, 2.24) is 4.90 Å². The molecule has 5 heteroatoms. The maximum atomic E-state index is 13.7. The predicted molar refractivity (Wildman–Crippen MR) is 109 cm³/mol. The number of halogens is 1. The molecule has 1 atom stereocenters. The maximum absolute atomic E-state index is 13.7. The van der Waals surface area contributed by atoms with Gasteiger partial charge < -0.3 is 10.6 Å². The van der Waals surface area contributed by atoms with E-state index in [1.807, 2.05) is 30.3 Å². The number of amides is 2. The lowest BCUT2D eigenvalue weighted by Gasteiger charge is -2.30. The molecular formula is C24H21FN2O2. The lowest BCUT2D eigenvalue weighted by Crippen LogP contribution is -2.34. The fraction of sp³-hybridized carbons (Fsp3) is 0.167. The smallest absolute Gasteiger partial charge is 0.254 e. The molecule has 146 valence electrons. The molecule has 2 amide bonds. The third kappa shape index (κ3) is 3.76. The largest absolute Gasteiger partial charge is 0.366 e. The van der Waals surface area contributed by atoms with Gasteiger partial charge in [0.25, 0.3) is 5.91 Å². The van der Waals surface area contributed by atoms with Crippen molar-refractivity contribution in [3.05, 3.63) is 106 Å². The van der Waals surface area contributed by atoms with E-state index in [-0.39, 0.29) is 24.3 Å². The average molecular weight is 388 g/mol. The van der Waals surface area contributed by atoms with E-state index in [1.165, 1.54) is 12.1 Å². The molecular weight excluding hydrogens is 367 g/mol. The fourth-order valence-corrected chi connectivity index (χ4v) is 4.04. The van der Waals surface area contributed by atoms with Gasteiger partial charge in [-0.2, -0.15) is 0 Å². The molecule has 3 aromatic carbocycles. The van der Waals surface area contributed by atoms with Crippen molar-refractivity contribution in [1.29, 1.82) is 0 Å². The second-order valence-corrected chi connectivity index (χ2v) is 7.22. The van der Waals surface area contributed by atoms with E-state index in [0.29, 0.717) is 29.5 Å². The first-order chi connectivity index (χ1) is 14.0. The van der Waals surface area contributed by atoms with Crippen LogP contribution in [-0.4, -0.2) is 16.7 Å². The van der Waals surface area contributed by atoms with E-state index in [4.69, 9.17) is 5.73 Å². The summed E-state index contributed by atoms with van der Waals surface area (Å²) < 4.78 is 13.7. The highest BCUT2D eigenvalue weighted by atomic mass is 19.1. The Bertz CT molecular complexity index is 1070. The number of hydrogen-bond donors (Lipinski definition) is 1. The summed E-state index contributed by atoms with van der Waals surface area (Å²) in [6.45, 7) is 0.244. The van der Waals surface area contributed by atoms with Crippen LogP contribution in [0.4, 0.5) is 4.39 Å². The summed E-state index contributed by atoms with van der Waals surface area (Å²) >= 11 is 0. The van der Waals surface area contributed by atoms with E-state index < -0.39 is 5.91 Å². The third-order valence-corrected chi connectivity index (χ3v) is 5.43. The van der Waals surface area contributed by atoms with Crippen LogP contribution in [0.1, 0.15) is 49.9 Å². The summed E-state index contributed by atoms with van der Waals surface area (Å²) in [5, 5.41) is 0. The molecule has 0 bridgehead atoms. The maximum Gasteiger partial charge on any atom is 0.254 e. The van der Waals surface area contributed by atoms with Gasteiger partial charge in [-0.3, -0.25) is 9.59 Å². The first-order valence-corrected chi connectivity index (χ1v) is 9.56. The number of hydrogen-bond acceptors (Lipinski definition) is 2. The van der Waals surface area contributed by atoms with Crippen LogP contribution in [0, 0.1) is 5.82 Å².